The summed E-state index contributed by atoms with van der Waals surface area (Å²) in [5, 5.41) is 33.7. The van der Waals surface area contributed by atoms with Crippen LogP contribution in [-0.4, -0.2) is 46.1 Å². The van der Waals surface area contributed by atoms with Crippen LogP contribution in [0.2, 0.25) is 0 Å². The van der Waals surface area contributed by atoms with Gasteiger partial charge in [0.05, 0.1) is 18.8 Å². The number of unbranched alkanes of at least 4 members (excludes halogenated alkanes) is 46. The van der Waals surface area contributed by atoms with Crippen LogP contribution < -0.4 is 5.32 Å². The Morgan fingerprint density at radius 3 is 0.897 bits per heavy atom. The van der Waals surface area contributed by atoms with Gasteiger partial charge in [0.15, 0.2) is 0 Å². The number of hydrogen-bond acceptors (Lipinski definition) is 4. The Kier molecular flexibility index (Phi) is 57.4. The summed E-state index contributed by atoms with van der Waals surface area (Å²) in [4.78, 5) is 12.5. The zero-order chi connectivity index (χ0) is 49.3. The number of amides is 1. The van der Waals surface area contributed by atoms with E-state index in [-0.39, 0.29) is 12.5 Å². The maximum absolute atomic E-state index is 12.5. The average molecular weight is 959 g/mol. The number of hydrogen-bond donors (Lipinski definition) is 4. The predicted octanol–water partition coefficient (Wildman–Crippen LogP) is 19.6. The smallest absolute Gasteiger partial charge is 0.220 e. The third-order valence-corrected chi connectivity index (χ3v) is 14.8. The standard InChI is InChI=1S/C63H123NO4/c1-3-5-7-9-11-13-15-17-19-20-21-22-23-24-25-26-27-28-29-30-31-32-33-34-35-36-37-38-39-40-41-42-44-46-48-50-52-54-56-58-62(67)64-60(59-65)63(68)61(66)57-55-53-51-49-47-45-43-18-16-14-12-10-8-6-4-2/h18,43,49,51,60-61,63,65-66,68H,3-17,19-42,44-48,50,52-59H2,1-2H3,(H,64,67)/b43-18+,51-49+. The molecule has 0 aromatic heterocycles. The lowest BCUT2D eigenvalue weighted by Gasteiger charge is -2.26. The Hall–Kier alpha value is -1.17. The van der Waals surface area contributed by atoms with Gasteiger partial charge < -0.3 is 20.6 Å². The maximum atomic E-state index is 12.5. The highest BCUT2D eigenvalue weighted by atomic mass is 16.3. The van der Waals surface area contributed by atoms with Crippen molar-refractivity contribution < 1.29 is 20.1 Å². The first-order valence-electron chi connectivity index (χ1n) is 31.1. The molecule has 0 aliphatic heterocycles. The fourth-order valence-corrected chi connectivity index (χ4v) is 10.0. The highest BCUT2D eigenvalue weighted by Crippen LogP contribution is 2.19. The molecule has 0 aliphatic carbocycles. The lowest BCUT2D eigenvalue weighted by atomic mass is 10.0. The third-order valence-electron chi connectivity index (χ3n) is 14.8. The molecular formula is C63H123NO4. The predicted molar refractivity (Wildman–Crippen MR) is 301 cm³/mol. The first-order valence-corrected chi connectivity index (χ1v) is 31.1. The molecule has 5 heteroatoms. The summed E-state index contributed by atoms with van der Waals surface area (Å²) in [6, 6.07) is -0.830. The van der Waals surface area contributed by atoms with Gasteiger partial charge in [-0.05, 0) is 51.4 Å². The third kappa shape index (κ3) is 52.6. The van der Waals surface area contributed by atoms with E-state index in [9.17, 15) is 20.1 Å². The molecule has 0 spiro atoms. The monoisotopic (exact) mass is 958 g/mol. The molecule has 3 atom stereocenters. The van der Waals surface area contributed by atoms with Crippen LogP contribution in [0.1, 0.15) is 348 Å². The molecule has 4 N–H and O–H groups in total. The summed E-state index contributed by atoms with van der Waals surface area (Å²) in [7, 11) is 0. The van der Waals surface area contributed by atoms with Gasteiger partial charge in [0.2, 0.25) is 5.91 Å². The van der Waals surface area contributed by atoms with E-state index in [4.69, 9.17) is 0 Å². The van der Waals surface area contributed by atoms with E-state index in [1.807, 2.05) is 0 Å². The fraction of sp³-hybridized carbons (Fsp3) is 0.921. The lowest BCUT2D eigenvalue weighted by molar-refractivity contribution is -0.124. The second-order valence-corrected chi connectivity index (χ2v) is 21.6. The van der Waals surface area contributed by atoms with Crippen molar-refractivity contribution in [1.82, 2.24) is 5.32 Å². The minimum atomic E-state index is -1.16. The van der Waals surface area contributed by atoms with Crippen LogP contribution >= 0.6 is 0 Å². The molecule has 0 rings (SSSR count). The van der Waals surface area contributed by atoms with Crippen molar-refractivity contribution >= 4 is 5.91 Å². The Bertz CT molecular complexity index is 1010. The van der Waals surface area contributed by atoms with E-state index in [0.717, 1.165) is 44.9 Å². The number of carbonyl (C=O) groups excluding carboxylic acids is 1. The van der Waals surface area contributed by atoms with E-state index in [1.165, 1.54) is 276 Å². The second kappa shape index (κ2) is 58.4. The summed E-state index contributed by atoms with van der Waals surface area (Å²) in [5.41, 5.74) is 0. The molecule has 0 saturated heterocycles. The molecule has 0 heterocycles. The number of carbonyl (C=O) groups is 1. The van der Waals surface area contributed by atoms with Crippen molar-refractivity contribution in [3.05, 3.63) is 24.3 Å². The Morgan fingerprint density at radius 1 is 0.353 bits per heavy atom. The molecule has 0 aromatic rings. The molecule has 0 aromatic carbocycles. The van der Waals surface area contributed by atoms with E-state index >= 15 is 0 Å². The fourth-order valence-electron chi connectivity index (χ4n) is 10.0. The van der Waals surface area contributed by atoms with Crippen molar-refractivity contribution in [2.75, 3.05) is 6.61 Å². The van der Waals surface area contributed by atoms with Gasteiger partial charge in [0.25, 0.3) is 0 Å². The van der Waals surface area contributed by atoms with Crippen LogP contribution in [0.25, 0.3) is 0 Å². The van der Waals surface area contributed by atoms with Crippen LogP contribution in [0.5, 0.6) is 0 Å². The largest absolute Gasteiger partial charge is 0.394 e. The Balaban J connectivity index is 3.42. The van der Waals surface area contributed by atoms with E-state index in [2.05, 4.69) is 43.5 Å². The Labute approximate surface area is 426 Å². The van der Waals surface area contributed by atoms with E-state index in [0.29, 0.717) is 12.8 Å². The molecule has 5 nitrogen and oxygen atoms in total. The van der Waals surface area contributed by atoms with Crippen molar-refractivity contribution in [1.29, 1.82) is 0 Å². The summed E-state index contributed by atoms with van der Waals surface area (Å²) in [5.74, 6) is -0.152. The van der Waals surface area contributed by atoms with Crippen LogP contribution in [0.4, 0.5) is 0 Å². The number of rotatable bonds is 58. The van der Waals surface area contributed by atoms with Crippen molar-refractivity contribution in [3.8, 4) is 0 Å². The van der Waals surface area contributed by atoms with Gasteiger partial charge in [-0.2, -0.15) is 0 Å². The van der Waals surface area contributed by atoms with Gasteiger partial charge in [-0.1, -0.05) is 314 Å². The van der Waals surface area contributed by atoms with Gasteiger partial charge in [-0.15, -0.1) is 0 Å². The highest BCUT2D eigenvalue weighted by Gasteiger charge is 2.26. The molecule has 1 amide bonds. The average Bonchev–Trinajstić information content (AvgIpc) is 3.34. The van der Waals surface area contributed by atoms with Crippen molar-refractivity contribution in [3.63, 3.8) is 0 Å². The molecule has 0 radical (unpaired) electrons. The van der Waals surface area contributed by atoms with Crippen LogP contribution in [0, 0.1) is 0 Å². The topological polar surface area (TPSA) is 89.8 Å². The van der Waals surface area contributed by atoms with Crippen molar-refractivity contribution in [2.24, 2.45) is 0 Å². The van der Waals surface area contributed by atoms with Crippen LogP contribution in [-0.2, 0) is 4.79 Å². The number of nitrogens with one attached hydrogen (secondary N) is 1. The zero-order valence-corrected chi connectivity index (χ0v) is 46.3. The lowest BCUT2D eigenvalue weighted by Crippen LogP contribution is -2.50. The van der Waals surface area contributed by atoms with E-state index in [1.54, 1.807) is 0 Å². The summed E-state index contributed by atoms with van der Waals surface area (Å²) >= 11 is 0. The van der Waals surface area contributed by atoms with Crippen LogP contribution in [0.15, 0.2) is 24.3 Å². The van der Waals surface area contributed by atoms with Crippen molar-refractivity contribution in [2.45, 2.75) is 366 Å². The summed E-state index contributed by atoms with van der Waals surface area (Å²) in [6.45, 7) is 4.19. The zero-order valence-electron chi connectivity index (χ0n) is 46.3. The quantitative estimate of drug-likeness (QED) is 0.0361. The van der Waals surface area contributed by atoms with E-state index < -0.39 is 18.2 Å². The first-order chi connectivity index (χ1) is 33.6. The maximum Gasteiger partial charge on any atom is 0.220 e. The summed E-state index contributed by atoms with van der Waals surface area (Å²) in [6.07, 6.45) is 75.3. The normalized spacial score (nSPS) is 13.3. The first kappa shape index (κ1) is 66.8. The molecule has 404 valence electrons. The minimum absolute atomic E-state index is 0.152. The van der Waals surface area contributed by atoms with Gasteiger partial charge in [-0.3, -0.25) is 4.79 Å². The number of aliphatic hydroxyl groups is 3. The summed E-state index contributed by atoms with van der Waals surface area (Å²) < 4.78 is 0. The Morgan fingerprint density at radius 2 is 0.603 bits per heavy atom. The number of aliphatic hydroxyl groups excluding tert-OH is 3. The molecular weight excluding hydrogens is 835 g/mol. The molecule has 0 bridgehead atoms. The molecule has 3 unspecified atom stereocenters. The minimum Gasteiger partial charge on any atom is -0.394 e. The molecule has 0 saturated carbocycles. The second-order valence-electron chi connectivity index (χ2n) is 21.6. The molecule has 0 fully saturated rings. The van der Waals surface area contributed by atoms with Gasteiger partial charge in [0, 0.05) is 6.42 Å². The SMILES string of the molecule is CCCCCCCC/C=C/CC/C=C/CCCC(O)C(O)C(CO)NC(=O)CCCCCCCCCCCCCCCCCCCCCCCCCCCCCCCCCCCCCCCCC. The van der Waals surface area contributed by atoms with Gasteiger partial charge in [-0.25, -0.2) is 0 Å². The molecule has 68 heavy (non-hydrogen) atoms. The van der Waals surface area contributed by atoms with Crippen LogP contribution in [0.3, 0.4) is 0 Å². The highest BCUT2D eigenvalue weighted by molar-refractivity contribution is 5.76. The van der Waals surface area contributed by atoms with Gasteiger partial charge >= 0.3 is 0 Å². The van der Waals surface area contributed by atoms with Gasteiger partial charge in [0.1, 0.15) is 6.10 Å². The molecule has 0 aliphatic rings. The number of allylic oxidation sites excluding steroid dienone is 4.